The van der Waals surface area contributed by atoms with Crippen LogP contribution in [-0.2, 0) is 33.4 Å². The van der Waals surface area contributed by atoms with E-state index in [0.717, 1.165) is 13.1 Å². The molecule has 0 aromatic rings. The van der Waals surface area contributed by atoms with Crippen LogP contribution >= 0.6 is 0 Å². The van der Waals surface area contributed by atoms with E-state index in [0.29, 0.717) is 19.8 Å². The van der Waals surface area contributed by atoms with Crippen molar-refractivity contribution < 1.29 is 36.8 Å². The minimum atomic E-state index is -3.84. The third kappa shape index (κ3) is 9.78. The second kappa shape index (κ2) is 11.7. The van der Waals surface area contributed by atoms with E-state index in [2.05, 4.69) is 10.2 Å². The van der Waals surface area contributed by atoms with Crippen molar-refractivity contribution in [3.63, 3.8) is 0 Å². The number of aliphatic hydroxyl groups excluding tert-OH is 1. The molecule has 0 aromatic heterocycles. The molecule has 2 N–H and O–H groups in total. The molecule has 1 amide bonds. The Morgan fingerprint density at radius 2 is 1.93 bits per heavy atom. The number of nitrogens with zero attached hydrogens (tertiary/aromatic N) is 1. The molecule has 1 aliphatic heterocycles. The molecule has 28 heavy (non-hydrogen) atoms. The maximum Gasteiger partial charge on any atom is 0.335 e. The van der Waals surface area contributed by atoms with Gasteiger partial charge in [-0.05, 0) is 6.42 Å². The van der Waals surface area contributed by atoms with E-state index in [1.165, 1.54) is 20.8 Å². The summed E-state index contributed by atoms with van der Waals surface area (Å²) < 4.78 is 39.1. The van der Waals surface area contributed by atoms with Crippen LogP contribution in [0.4, 0.5) is 0 Å². The van der Waals surface area contributed by atoms with Gasteiger partial charge in [0.1, 0.15) is 6.61 Å². The van der Waals surface area contributed by atoms with Gasteiger partial charge in [-0.15, -0.1) is 0 Å². The second-order valence-electron chi connectivity index (χ2n) is 7.37. The third-order valence-electron chi connectivity index (χ3n) is 4.27. The Kier molecular flexibility index (Phi) is 10.3. The maximum absolute atomic E-state index is 12.1. The first-order valence-corrected chi connectivity index (χ1v) is 10.9. The minimum absolute atomic E-state index is 0.133. The Morgan fingerprint density at radius 1 is 1.29 bits per heavy atom. The molecule has 0 bridgehead atoms. The van der Waals surface area contributed by atoms with E-state index in [-0.39, 0.29) is 37.8 Å². The minimum Gasteiger partial charge on any atom is -0.462 e. The number of hydrogen-bond acceptors (Lipinski definition) is 9. The first-order chi connectivity index (χ1) is 13.0. The lowest BCUT2D eigenvalue weighted by Crippen LogP contribution is -2.43. The van der Waals surface area contributed by atoms with Gasteiger partial charge >= 0.3 is 5.97 Å². The van der Waals surface area contributed by atoms with Gasteiger partial charge in [-0.25, -0.2) is 4.79 Å². The van der Waals surface area contributed by atoms with Crippen molar-refractivity contribution in [2.24, 2.45) is 5.41 Å². The quantitative estimate of drug-likeness (QED) is 0.233. The summed E-state index contributed by atoms with van der Waals surface area (Å²) in [6.45, 7) is 7.72. The van der Waals surface area contributed by atoms with Crippen LogP contribution in [0, 0.1) is 5.41 Å². The number of ether oxygens (including phenoxy) is 2. The van der Waals surface area contributed by atoms with Crippen LogP contribution in [0.1, 0.15) is 27.2 Å². The highest BCUT2D eigenvalue weighted by atomic mass is 32.2. The number of amides is 1. The molecule has 0 aromatic carbocycles. The lowest BCUT2D eigenvalue weighted by atomic mass is 9.88. The predicted octanol–water partition coefficient (Wildman–Crippen LogP) is -0.878. The van der Waals surface area contributed by atoms with Crippen molar-refractivity contribution in [3.8, 4) is 0 Å². The Balaban J connectivity index is 2.35. The standard InChI is InChI=1S/C17H32N2O8S/c1-14(20)18-5-4-12-28(23,24)27-13-17(2,3)15(21)16(22)26-11-8-19-6-9-25-10-7-19/h15,21H,4-13H2,1-3H3,(H,18,20)/t15-/m0/s1. The van der Waals surface area contributed by atoms with E-state index in [1.54, 1.807) is 0 Å². The summed E-state index contributed by atoms with van der Waals surface area (Å²) >= 11 is 0. The highest BCUT2D eigenvalue weighted by Crippen LogP contribution is 2.23. The van der Waals surface area contributed by atoms with Gasteiger partial charge in [0, 0.05) is 38.5 Å². The predicted molar refractivity (Wildman–Crippen MR) is 101 cm³/mol. The molecule has 0 spiro atoms. The fourth-order valence-corrected chi connectivity index (χ4v) is 3.49. The molecule has 1 saturated heterocycles. The summed E-state index contributed by atoms with van der Waals surface area (Å²) in [5, 5.41) is 12.7. The highest BCUT2D eigenvalue weighted by molar-refractivity contribution is 7.86. The largest absolute Gasteiger partial charge is 0.462 e. The van der Waals surface area contributed by atoms with E-state index in [1.807, 2.05) is 0 Å². The molecule has 0 aliphatic carbocycles. The van der Waals surface area contributed by atoms with Crippen LogP contribution in [0.25, 0.3) is 0 Å². The SMILES string of the molecule is CC(=O)NCCCS(=O)(=O)OCC(C)(C)[C@@H](O)C(=O)OCCN1CCOCC1. The number of morpholine rings is 1. The summed E-state index contributed by atoms with van der Waals surface area (Å²) in [7, 11) is -3.84. The first kappa shape index (κ1) is 24.8. The first-order valence-electron chi connectivity index (χ1n) is 9.30. The number of carbonyl (C=O) groups excluding carboxylic acids is 2. The van der Waals surface area contributed by atoms with Crippen LogP contribution in [0.2, 0.25) is 0 Å². The van der Waals surface area contributed by atoms with E-state index >= 15 is 0 Å². The molecule has 10 nitrogen and oxygen atoms in total. The van der Waals surface area contributed by atoms with Gasteiger partial charge in [-0.3, -0.25) is 13.9 Å². The van der Waals surface area contributed by atoms with Crippen molar-refractivity contribution in [2.75, 3.05) is 58.4 Å². The number of hydrogen-bond donors (Lipinski definition) is 2. The van der Waals surface area contributed by atoms with E-state index in [9.17, 15) is 23.1 Å². The zero-order valence-corrected chi connectivity index (χ0v) is 17.6. The van der Waals surface area contributed by atoms with Gasteiger partial charge in [0.25, 0.3) is 10.1 Å². The average molecular weight is 425 g/mol. The lowest BCUT2D eigenvalue weighted by Gasteiger charge is -2.29. The van der Waals surface area contributed by atoms with Crippen molar-refractivity contribution in [1.82, 2.24) is 10.2 Å². The Labute approximate surface area is 166 Å². The summed E-state index contributed by atoms with van der Waals surface area (Å²) in [5.74, 6) is -1.33. The molecule has 11 heteroatoms. The maximum atomic E-state index is 12.1. The fraction of sp³-hybridized carbons (Fsp3) is 0.882. The van der Waals surface area contributed by atoms with Gasteiger partial charge in [-0.2, -0.15) is 8.42 Å². The Morgan fingerprint density at radius 3 is 2.54 bits per heavy atom. The molecule has 1 rings (SSSR count). The second-order valence-corrected chi connectivity index (χ2v) is 9.13. The van der Waals surface area contributed by atoms with Gasteiger partial charge in [0.2, 0.25) is 5.91 Å². The number of nitrogens with one attached hydrogen (secondary N) is 1. The van der Waals surface area contributed by atoms with Crippen molar-refractivity contribution in [2.45, 2.75) is 33.3 Å². The molecular weight excluding hydrogens is 392 g/mol. The van der Waals surface area contributed by atoms with Crippen LogP contribution in [0.15, 0.2) is 0 Å². The van der Waals surface area contributed by atoms with E-state index in [4.69, 9.17) is 13.7 Å². The molecular formula is C17H32N2O8S. The van der Waals surface area contributed by atoms with Crippen LogP contribution < -0.4 is 5.32 Å². The van der Waals surface area contributed by atoms with Gasteiger partial charge in [0.05, 0.1) is 25.6 Å². The van der Waals surface area contributed by atoms with E-state index < -0.39 is 27.6 Å². The normalized spacial score (nSPS) is 17.1. The number of esters is 1. The molecule has 1 fully saturated rings. The number of rotatable bonds is 12. The smallest absolute Gasteiger partial charge is 0.335 e. The van der Waals surface area contributed by atoms with Crippen LogP contribution in [0.3, 0.4) is 0 Å². The molecule has 1 aliphatic rings. The van der Waals surface area contributed by atoms with Gasteiger partial charge < -0.3 is 19.9 Å². The zero-order chi connectivity index (χ0) is 21.2. The van der Waals surface area contributed by atoms with Gasteiger partial charge in [-0.1, -0.05) is 13.8 Å². The molecule has 1 heterocycles. The summed E-state index contributed by atoms with van der Waals surface area (Å²) in [4.78, 5) is 24.9. The fourth-order valence-electron chi connectivity index (χ4n) is 2.39. The molecule has 0 unspecified atom stereocenters. The topological polar surface area (TPSA) is 131 Å². The summed E-state index contributed by atoms with van der Waals surface area (Å²) in [6.07, 6.45) is -1.32. The third-order valence-corrected chi connectivity index (χ3v) is 5.54. The summed E-state index contributed by atoms with van der Waals surface area (Å²) in [5.41, 5.74) is -1.15. The molecule has 1 atom stereocenters. The zero-order valence-electron chi connectivity index (χ0n) is 16.8. The average Bonchev–Trinajstić information content (AvgIpc) is 2.64. The van der Waals surface area contributed by atoms with Crippen molar-refractivity contribution in [3.05, 3.63) is 0 Å². The monoisotopic (exact) mass is 424 g/mol. The Bertz CT molecular complexity index is 602. The highest BCUT2D eigenvalue weighted by Gasteiger charge is 2.36. The summed E-state index contributed by atoms with van der Waals surface area (Å²) in [6, 6.07) is 0. The van der Waals surface area contributed by atoms with Gasteiger partial charge in [0.15, 0.2) is 6.10 Å². The lowest BCUT2D eigenvalue weighted by molar-refractivity contribution is -0.162. The Hall–Kier alpha value is -1.27. The van der Waals surface area contributed by atoms with Crippen molar-refractivity contribution >= 4 is 22.0 Å². The van der Waals surface area contributed by atoms with Crippen LogP contribution in [0.5, 0.6) is 0 Å². The van der Waals surface area contributed by atoms with Crippen molar-refractivity contribution in [1.29, 1.82) is 0 Å². The molecule has 0 saturated carbocycles. The van der Waals surface area contributed by atoms with Crippen LogP contribution in [-0.4, -0.2) is 94.8 Å². The number of aliphatic hydroxyl groups is 1. The molecule has 164 valence electrons. The molecule has 0 radical (unpaired) electrons. The number of carbonyl (C=O) groups is 2.